The van der Waals surface area contributed by atoms with Crippen LogP contribution in [0.2, 0.25) is 0 Å². The molecule has 0 aromatic carbocycles. The van der Waals surface area contributed by atoms with Gasteiger partial charge in [-0.2, -0.15) is 0 Å². The molecule has 0 aromatic rings. The maximum absolute atomic E-state index is 9.36. The molecule has 0 spiro atoms. The molecule has 2 rings (SSSR count). The molecule has 1 saturated heterocycles. The van der Waals surface area contributed by atoms with Crippen molar-refractivity contribution in [3.63, 3.8) is 0 Å². The van der Waals surface area contributed by atoms with Crippen LogP contribution in [0, 0.1) is 0 Å². The maximum Gasteiger partial charge on any atom is 0.0679 e. The van der Waals surface area contributed by atoms with Gasteiger partial charge in [-0.1, -0.05) is 6.42 Å². The van der Waals surface area contributed by atoms with Crippen LogP contribution in [0.25, 0.3) is 0 Å². The molecule has 1 aliphatic heterocycles. The molecule has 2 aliphatic rings. The van der Waals surface area contributed by atoms with Crippen LogP contribution in [0.15, 0.2) is 0 Å². The SMILES string of the molecule is NC1CCCC1N1CCC(O)C1. The van der Waals surface area contributed by atoms with Gasteiger partial charge in [0.05, 0.1) is 6.10 Å². The Kier molecular flexibility index (Phi) is 2.35. The number of β-amino-alcohol motifs (C(OH)–C–C–N with tert-alkyl or cyclic N) is 1. The van der Waals surface area contributed by atoms with Crippen molar-refractivity contribution < 1.29 is 5.11 Å². The Labute approximate surface area is 73.5 Å². The van der Waals surface area contributed by atoms with Crippen LogP contribution in [0.5, 0.6) is 0 Å². The minimum Gasteiger partial charge on any atom is -0.392 e. The standard InChI is InChI=1S/C9H18N2O/c10-8-2-1-3-9(8)11-5-4-7(12)6-11/h7-9,12H,1-6,10H2. The topological polar surface area (TPSA) is 49.5 Å². The van der Waals surface area contributed by atoms with Gasteiger partial charge < -0.3 is 10.8 Å². The highest BCUT2D eigenvalue weighted by Gasteiger charge is 2.33. The summed E-state index contributed by atoms with van der Waals surface area (Å²) in [4.78, 5) is 2.36. The van der Waals surface area contributed by atoms with E-state index in [0.717, 1.165) is 25.9 Å². The van der Waals surface area contributed by atoms with Crippen LogP contribution in [0.1, 0.15) is 25.7 Å². The molecule has 1 saturated carbocycles. The molecule has 2 fully saturated rings. The van der Waals surface area contributed by atoms with E-state index in [1.807, 2.05) is 0 Å². The Morgan fingerprint density at radius 3 is 2.58 bits per heavy atom. The Balaban J connectivity index is 1.91. The second kappa shape index (κ2) is 3.32. The lowest BCUT2D eigenvalue weighted by molar-refractivity contribution is 0.155. The quantitative estimate of drug-likeness (QED) is 0.579. The number of rotatable bonds is 1. The predicted octanol–water partition coefficient (Wildman–Crippen LogP) is -0.0672. The average molecular weight is 170 g/mol. The monoisotopic (exact) mass is 170 g/mol. The van der Waals surface area contributed by atoms with Crippen LogP contribution in [-0.4, -0.2) is 41.3 Å². The summed E-state index contributed by atoms with van der Waals surface area (Å²) in [5, 5.41) is 9.36. The van der Waals surface area contributed by atoms with E-state index < -0.39 is 0 Å². The molecule has 0 aromatic heterocycles. The van der Waals surface area contributed by atoms with Crippen molar-refractivity contribution >= 4 is 0 Å². The third-order valence-corrected chi connectivity index (χ3v) is 3.20. The fourth-order valence-corrected chi connectivity index (χ4v) is 2.49. The van der Waals surface area contributed by atoms with Gasteiger partial charge in [0.15, 0.2) is 0 Å². The molecule has 3 unspecified atom stereocenters. The van der Waals surface area contributed by atoms with Crippen molar-refractivity contribution in [3.05, 3.63) is 0 Å². The van der Waals surface area contributed by atoms with Crippen molar-refractivity contribution in [2.45, 2.75) is 43.9 Å². The number of hydrogen-bond donors (Lipinski definition) is 2. The van der Waals surface area contributed by atoms with E-state index in [2.05, 4.69) is 4.90 Å². The smallest absolute Gasteiger partial charge is 0.0679 e. The molecule has 0 bridgehead atoms. The highest BCUT2D eigenvalue weighted by atomic mass is 16.3. The molecule has 1 heterocycles. The number of aliphatic hydroxyl groups is 1. The van der Waals surface area contributed by atoms with E-state index in [0.29, 0.717) is 12.1 Å². The Bertz CT molecular complexity index is 163. The normalized spacial score (nSPS) is 44.0. The van der Waals surface area contributed by atoms with E-state index in [9.17, 15) is 5.11 Å². The summed E-state index contributed by atoms with van der Waals surface area (Å²) in [6.07, 6.45) is 4.49. The fraction of sp³-hybridized carbons (Fsp3) is 1.00. The van der Waals surface area contributed by atoms with Crippen molar-refractivity contribution in [3.8, 4) is 0 Å². The van der Waals surface area contributed by atoms with Gasteiger partial charge in [0, 0.05) is 25.2 Å². The Morgan fingerprint density at radius 1 is 1.25 bits per heavy atom. The van der Waals surface area contributed by atoms with Crippen molar-refractivity contribution in [1.29, 1.82) is 0 Å². The van der Waals surface area contributed by atoms with Gasteiger partial charge in [0.25, 0.3) is 0 Å². The largest absolute Gasteiger partial charge is 0.392 e. The summed E-state index contributed by atoms with van der Waals surface area (Å²) in [6.45, 7) is 1.89. The number of likely N-dealkylation sites (tertiary alicyclic amines) is 1. The van der Waals surface area contributed by atoms with Crippen LogP contribution < -0.4 is 5.73 Å². The molecule has 3 heteroatoms. The van der Waals surface area contributed by atoms with E-state index in [4.69, 9.17) is 5.73 Å². The van der Waals surface area contributed by atoms with Gasteiger partial charge in [0.1, 0.15) is 0 Å². The first-order chi connectivity index (χ1) is 5.77. The molecule has 3 nitrogen and oxygen atoms in total. The van der Waals surface area contributed by atoms with Gasteiger partial charge >= 0.3 is 0 Å². The van der Waals surface area contributed by atoms with Crippen molar-refractivity contribution in [1.82, 2.24) is 4.90 Å². The van der Waals surface area contributed by atoms with E-state index in [1.165, 1.54) is 12.8 Å². The lowest BCUT2D eigenvalue weighted by atomic mass is 10.1. The van der Waals surface area contributed by atoms with Gasteiger partial charge in [0.2, 0.25) is 0 Å². The molecule has 0 amide bonds. The van der Waals surface area contributed by atoms with Crippen LogP contribution in [0.4, 0.5) is 0 Å². The van der Waals surface area contributed by atoms with Gasteiger partial charge in [-0.05, 0) is 19.3 Å². The lowest BCUT2D eigenvalue weighted by Gasteiger charge is -2.26. The zero-order chi connectivity index (χ0) is 8.55. The molecule has 1 aliphatic carbocycles. The van der Waals surface area contributed by atoms with E-state index >= 15 is 0 Å². The highest BCUT2D eigenvalue weighted by Crippen LogP contribution is 2.25. The summed E-state index contributed by atoms with van der Waals surface area (Å²) in [5.41, 5.74) is 5.98. The van der Waals surface area contributed by atoms with Crippen molar-refractivity contribution in [2.75, 3.05) is 13.1 Å². The molecule has 3 N–H and O–H groups in total. The Hall–Kier alpha value is -0.120. The van der Waals surface area contributed by atoms with Gasteiger partial charge in [-0.15, -0.1) is 0 Å². The molecule has 0 radical (unpaired) electrons. The molecule has 3 atom stereocenters. The second-order valence-corrected chi connectivity index (χ2v) is 4.10. The van der Waals surface area contributed by atoms with E-state index in [1.54, 1.807) is 0 Å². The van der Waals surface area contributed by atoms with Gasteiger partial charge in [-0.3, -0.25) is 4.90 Å². The fourth-order valence-electron chi connectivity index (χ4n) is 2.49. The van der Waals surface area contributed by atoms with Gasteiger partial charge in [-0.25, -0.2) is 0 Å². The average Bonchev–Trinajstić information content (AvgIpc) is 2.58. The number of nitrogens with two attached hydrogens (primary N) is 1. The summed E-state index contributed by atoms with van der Waals surface area (Å²) in [5.74, 6) is 0. The predicted molar refractivity (Wildman–Crippen MR) is 47.8 cm³/mol. The summed E-state index contributed by atoms with van der Waals surface area (Å²) < 4.78 is 0. The number of hydrogen-bond acceptors (Lipinski definition) is 3. The number of aliphatic hydroxyl groups excluding tert-OH is 1. The zero-order valence-corrected chi connectivity index (χ0v) is 7.45. The molecule has 70 valence electrons. The second-order valence-electron chi connectivity index (χ2n) is 4.10. The van der Waals surface area contributed by atoms with Crippen LogP contribution in [0.3, 0.4) is 0 Å². The number of nitrogens with zero attached hydrogens (tertiary/aromatic N) is 1. The minimum absolute atomic E-state index is 0.0993. The van der Waals surface area contributed by atoms with Crippen molar-refractivity contribution in [2.24, 2.45) is 5.73 Å². The Morgan fingerprint density at radius 2 is 2.08 bits per heavy atom. The van der Waals surface area contributed by atoms with Crippen LogP contribution >= 0.6 is 0 Å². The highest BCUT2D eigenvalue weighted by molar-refractivity contribution is 4.91. The third kappa shape index (κ3) is 1.49. The first-order valence-corrected chi connectivity index (χ1v) is 4.95. The summed E-state index contributed by atoms with van der Waals surface area (Å²) in [7, 11) is 0. The van der Waals surface area contributed by atoms with E-state index in [-0.39, 0.29) is 6.10 Å². The molecular formula is C9H18N2O. The first kappa shape index (κ1) is 8.48. The molecular weight excluding hydrogens is 152 g/mol. The van der Waals surface area contributed by atoms with Crippen LogP contribution in [-0.2, 0) is 0 Å². The summed E-state index contributed by atoms with van der Waals surface area (Å²) in [6, 6.07) is 0.914. The molecule has 12 heavy (non-hydrogen) atoms. The third-order valence-electron chi connectivity index (χ3n) is 3.20. The lowest BCUT2D eigenvalue weighted by Crippen LogP contribution is -2.43. The maximum atomic E-state index is 9.36. The summed E-state index contributed by atoms with van der Waals surface area (Å²) >= 11 is 0. The first-order valence-electron chi connectivity index (χ1n) is 4.95. The zero-order valence-electron chi connectivity index (χ0n) is 7.45. The minimum atomic E-state index is -0.0993.